The molecule has 0 aliphatic rings. The lowest BCUT2D eigenvalue weighted by Crippen LogP contribution is -2.28. The van der Waals surface area contributed by atoms with Crippen LogP contribution in [0.25, 0.3) is 5.78 Å². The molecule has 0 unspecified atom stereocenters. The molecule has 0 bridgehead atoms. The second-order valence-electron chi connectivity index (χ2n) is 5.57. The Morgan fingerprint density at radius 1 is 1.30 bits per heavy atom. The van der Waals surface area contributed by atoms with Crippen LogP contribution in [0.15, 0.2) is 30.6 Å². The summed E-state index contributed by atoms with van der Waals surface area (Å²) in [6.07, 6.45) is 3.62. The van der Waals surface area contributed by atoms with Crippen LogP contribution in [0, 0.1) is 13.8 Å². The van der Waals surface area contributed by atoms with Gasteiger partial charge in [-0.15, -0.1) is 5.10 Å². The molecule has 0 aliphatic carbocycles. The van der Waals surface area contributed by atoms with E-state index in [9.17, 15) is 4.79 Å². The molecular weight excluding hydrogens is 292 g/mol. The van der Waals surface area contributed by atoms with Crippen LogP contribution in [0.5, 0.6) is 0 Å². The van der Waals surface area contributed by atoms with Gasteiger partial charge in [-0.05, 0) is 31.5 Å². The smallest absolute Gasteiger partial charge is 0.252 e. The Bertz CT molecular complexity index is 842. The van der Waals surface area contributed by atoms with Gasteiger partial charge < -0.3 is 4.90 Å². The number of hydrogen-bond donors (Lipinski definition) is 0. The van der Waals surface area contributed by atoms with Crippen molar-refractivity contribution in [2.45, 2.75) is 26.8 Å². The van der Waals surface area contributed by atoms with E-state index in [1.807, 2.05) is 32.0 Å². The van der Waals surface area contributed by atoms with Gasteiger partial charge in [-0.2, -0.15) is 4.98 Å². The normalized spacial score (nSPS) is 10.9. The van der Waals surface area contributed by atoms with Crippen molar-refractivity contribution in [3.05, 3.63) is 53.4 Å². The lowest BCUT2D eigenvalue weighted by Gasteiger charge is -2.16. The maximum atomic E-state index is 12.3. The number of carbonyl (C=O) groups excluding carboxylic acids is 1. The van der Waals surface area contributed by atoms with Gasteiger partial charge in [-0.25, -0.2) is 9.50 Å². The van der Waals surface area contributed by atoms with E-state index in [2.05, 4.69) is 20.1 Å². The quantitative estimate of drug-likeness (QED) is 0.727. The van der Waals surface area contributed by atoms with E-state index in [0.717, 1.165) is 17.0 Å². The Hall–Kier alpha value is -2.83. The van der Waals surface area contributed by atoms with E-state index in [1.54, 1.807) is 28.9 Å². The van der Waals surface area contributed by atoms with Gasteiger partial charge in [0.05, 0.1) is 6.42 Å². The number of aryl methyl sites for hydroxylation is 2. The Labute approximate surface area is 134 Å². The van der Waals surface area contributed by atoms with Crippen LogP contribution >= 0.6 is 0 Å². The zero-order chi connectivity index (χ0) is 16.4. The molecule has 0 aliphatic heterocycles. The second-order valence-corrected chi connectivity index (χ2v) is 5.57. The second kappa shape index (κ2) is 6.12. The van der Waals surface area contributed by atoms with Crippen LogP contribution in [0.4, 0.5) is 0 Å². The van der Waals surface area contributed by atoms with Gasteiger partial charge in [0.25, 0.3) is 5.78 Å². The number of rotatable bonds is 4. The molecule has 23 heavy (non-hydrogen) atoms. The average Bonchev–Trinajstić information content (AvgIpc) is 2.91. The number of hydrogen-bond acceptors (Lipinski definition) is 5. The largest absolute Gasteiger partial charge is 0.341 e. The predicted octanol–water partition coefficient (Wildman–Crippen LogP) is 1.34. The van der Waals surface area contributed by atoms with Crippen molar-refractivity contribution in [2.75, 3.05) is 7.05 Å². The first-order valence-corrected chi connectivity index (χ1v) is 7.35. The number of likely N-dealkylation sites (N-methyl/N-ethyl adjacent to an activating group) is 1. The molecule has 3 rings (SSSR count). The Kier molecular flexibility index (Phi) is 4.01. The first kappa shape index (κ1) is 15.1. The standard InChI is InChI=1S/C16H18N6O/c1-11-7-12(2)22-16(18-11)19-14(20-22)8-15(23)21(3)10-13-5-4-6-17-9-13/h4-7,9H,8,10H2,1-3H3. The third-order valence-corrected chi connectivity index (χ3v) is 3.54. The lowest BCUT2D eigenvalue weighted by atomic mass is 10.2. The molecule has 0 saturated carbocycles. The topological polar surface area (TPSA) is 76.3 Å². The minimum atomic E-state index is -0.0425. The summed E-state index contributed by atoms with van der Waals surface area (Å²) in [5, 5.41) is 4.37. The molecule has 0 atom stereocenters. The molecule has 118 valence electrons. The number of nitrogens with zero attached hydrogens (tertiary/aromatic N) is 6. The Morgan fingerprint density at radius 3 is 2.87 bits per heavy atom. The summed E-state index contributed by atoms with van der Waals surface area (Å²) < 4.78 is 1.66. The van der Waals surface area contributed by atoms with Crippen molar-refractivity contribution in [3.63, 3.8) is 0 Å². The van der Waals surface area contributed by atoms with Crippen LogP contribution in [-0.4, -0.2) is 42.4 Å². The highest BCUT2D eigenvalue weighted by Gasteiger charge is 2.15. The highest BCUT2D eigenvalue weighted by Crippen LogP contribution is 2.07. The van der Waals surface area contributed by atoms with E-state index in [0.29, 0.717) is 18.1 Å². The molecule has 0 N–H and O–H groups in total. The van der Waals surface area contributed by atoms with E-state index in [4.69, 9.17) is 0 Å². The molecule has 1 amide bonds. The molecule has 3 aromatic rings. The number of amides is 1. The van der Waals surface area contributed by atoms with E-state index in [-0.39, 0.29) is 12.3 Å². The van der Waals surface area contributed by atoms with Crippen LogP contribution < -0.4 is 0 Å². The van der Waals surface area contributed by atoms with Gasteiger partial charge in [-0.3, -0.25) is 9.78 Å². The number of fused-ring (bicyclic) bond motifs is 1. The van der Waals surface area contributed by atoms with E-state index >= 15 is 0 Å². The molecule has 0 spiro atoms. The lowest BCUT2D eigenvalue weighted by molar-refractivity contribution is -0.129. The summed E-state index contributed by atoms with van der Waals surface area (Å²) in [5.74, 6) is 0.966. The number of pyridine rings is 1. The third kappa shape index (κ3) is 3.33. The van der Waals surface area contributed by atoms with E-state index in [1.165, 1.54) is 0 Å². The van der Waals surface area contributed by atoms with Crippen molar-refractivity contribution in [1.29, 1.82) is 0 Å². The molecule has 3 heterocycles. The number of aromatic nitrogens is 5. The van der Waals surface area contributed by atoms with Gasteiger partial charge in [0.15, 0.2) is 5.82 Å². The van der Waals surface area contributed by atoms with Crippen LogP contribution in [0.2, 0.25) is 0 Å². The molecule has 7 heteroatoms. The van der Waals surface area contributed by atoms with Gasteiger partial charge in [0, 0.05) is 37.4 Å². The maximum Gasteiger partial charge on any atom is 0.252 e. The zero-order valence-corrected chi connectivity index (χ0v) is 13.4. The first-order valence-electron chi connectivity index (χ1n) is 7.35. The summed E-state index contributed by atoms with van der Waals surface area (Å²) >= 11 is 0. The Balaban J connectivity index is 1.73. The van der Waals surface area contributed by atoms with Gasteiger partial charge in [-0.1, -0.05) is 6.07 Å². The molecule has 0 saturated heterocycles. The highest BCUT2D eigenvalue weighted by atomic mass is 16.2. The monoisotopic (exact) mass is 310 g/mol. The first-order chi connectivity index (χ1) is 11.0. The molecule has 3 aromatic heterocycles. The predicted molar refractivity (Wildman–Crippen MR) is 84.7 cm³/mol. The Morgan fingerprint density at radius 2 is 2.13 bits per heavy atom. The third-order valence-electron chi connectivity index (χ3n) is 3.54. The van der Waals surface area contributed by atoms with Crippen molar-refractivity contribution in [2.24, 2.45) is 0 Å². The minimum absolute atomic E-state index is 0.0425. The summed E-state index contributed by atoms with van der Waals surface area (Å²) in [6.45, 7) is 4.36. The summed E-state index contributed by atoms with van der Waals surface area (Å²) in [6, 6.07) is 5.73. The summed E-state index contributed by atoms with van der Waals surface area (Å²) in [5.41, 5.74) is 2.82. The maximum absolute atomic E-state index is 12.3. The van der Waals surface area contributed by atoms with Gasteiger partial charge >= 0.3 is 0 Å². The van der Waals surface area contributed by atoms with Crippen molar-refractivity contribution in [3.8, 4) is 0 Å². The average molecular weight is 310 g/mol. The van der Waals surface area contributed by atoms with Crippen molar-refractivity contribution < 1.29 is 4.79 Å². The summed E-state index contributed by atoms with van der Waals surface area (Å²) in [4.78, 5) is 26.7. The minimum Gasteiger partial charge on any atom is -0.341 e. The van der Waals surface area contributed by atoms with Crippen LogP contribution in [-0.2, 0) is 17.8 Å². The van der Waals surface area contributed by atoms with Crippen LogP contribution in [0.3, 0.4) is 0 Å². The van der Waals surface area contributed by atoms with Gasteiger partial charge in [0.2, 0.25) is 5.91 Å². The molecular formula is C16H18N6O. The fourth-order valence-corrected chi connectivity index (χ4v) is 2.41. The zero-order valence-electron chi connectivity index (χ0n) is 13.4. The van der Waals surface area contributed by atoms with Crippen molar-refractivity contribution >= 4 is 11.7 Å². The highest BCUT2D eigenvalue weighted by molar-refractivity contribution is 5.77. The summed E-state index contributed by atoms with van der Waals surface area (Å²) in [7, 11) is 1.76. The fourth-order valence-electron chi connectivity index (χ4n) is 2.41. The number of carbonyl (C=O) groups is 1. The molecule has 0 fully saturated rings. The van der Waals surface area contributed by atoms with Crippen LogP contribution in [0.1, 0.15) is 22.8 Å². The molecule has 0 radical (unpaired) electrons. The molecule has 7 nitrogen and oxygen atoms in total. The fraction of sp³-hybridized carbons (Fsp3) is 0.312. The van der Waals surface area contributed by atoms with Crippen molar-refractivity contribution in [1.82, 2.24) is 29.5 Å². The molecule has 0 aromatic carbocycles. The SMILES string of the molecule is Cc1cc(C)n2nc(CC(=O)N(C)Cc3cccnc3)nc2n1. The van der Waals surface area contributed by atoms with Gasteiger partial charge in [0.1, 0.15) is 0 Å². The van der Waals surface area contributed by atoms with E-state index < -0.39 is 0 Å².